The molecule has 5 heteroatoms. The highest BCUT2D eigenvalue weighted by Crippen LogP contribution is 2.17. The molecule has 1 aromatic heterocycles. The fourth-order valence-corrected chi connectivity index (χ4v) is 2.09. The van der Waals surface area contributed by atoms with Crippen LogP contribution in [0, 0.1) is 6.92 Å². The molecule has 0 bridgehead atoms. The van der Waals surface area contributed by atoms with E-state index in [-0.39, 0.29) is 0 Å². The van der Waals surface area contributed by atoms with Crippen molar-refractivity contribution < 1.29 is 0 Å². The van der Waals surface area contributed by atoms with Crippen molar-refractivity contribution in [3.8, 4) is 17.1 Å². The van der Waals surface area contributed by atoms with Crippen molar-refractivity contribution in [2.75, 3.05) is 0 Å². The Morgan fingerprint density at radius 1 is 1.10 bits per heavy atom. The van der Waals surface area contributed by atoms with E-state index < -0.39 is 0 Å². The monoisotopic (exact) mass is 265 g/mol. The number of aromatic nitrogens is 4. The molecule has 0 saturated carbocycles. The van der Waals surface area contributed by atoms with E-state index in [2.05, 4.69) is 15.4 Å². The molecule has 0 unspecified atom stereocenters. The van der Waals surface area contributed by atoms with Gasteiger partial charge in [0.15, 0.2) is 0 Å². The quantitative estimate of drug-likeness (QED) is 0.787. The Kier molecular flexibility index (Phi) is 3.26. The van der Waals surface area contributed by atoms with Gasteiger partial charge >= 0.3 is 0 Å². The Bertz CT molecular complexity index is 718. The number of aryl methyl sites for hydroxylation is 1. The highest BCUT2D eigenvalue weighted by atomic mass is 15.6. The Hall–Kier alpha value is -2.53. The highest BCUT2D eigenvalue weighted by Gasteiger charge is 2.09. The van der Waals surface area contributed by atoms with Gasteiger partial charge in [0.2, 0.25) is 5.82 Å². The van der Waals surface area contributed by atoms with Gasteiger partial charge in [-0.3, -0.25) is 0 Å². The van der Waals surface area contributed by atoms with Gasteiger partial charge in [-0.15, -0.1) is 15.0 Å². The summed E-state index contributed by atoms with van der Waals surface area (Å²) >= 11 is 0. The van der Waals surface area contributed by atoms with E-state index in [1.54, 1.807) is 0 Å². The van der Waals surface area contributed by atoms with Crippen LogP contribution in [0.5, 0.6) is 0 Å². The maximum absolute atomic E-state index is 5.79. The van der Waals surface area contributed by atoms with E-state index in [0.717, 1.165) is 22.4 Å². The molecule has 1 heterocycles. The summed E-state index contributed by atoms with van der Waals surface area (Å²) < 4.78 is 0. The molecule has 0 saturated heterocycles. The molecule has 0 radical (unpaired) electrons. The van der Waals surface area contributed by atoms with Crippen LogP contribution in [-0.2, 0) is 6.54 Å². The Labute approximate surface area is 117 Å². The SMILES string of the molecule is Cc1ccc(-n2nnc(-c3ccccc3)n2)c(CN)c1. The van der Waals surface area contributed by atoms with Crippen LogP contribution in [0.15, 0.2) is 48.5 Å². The van der Waals surface area contributed by atoms with Crippen LogP contribution in [0.4, 0.5) is 0 Å². The molecule has 0 spiro atoms. The third-order valence-electron chi connectivity index (χ3n) is 3.12. The van der Waals surface area contributed by atoms with Crippen molar-refractivity contribution in [2.24, 2.45) is 5.73 Å². The zero-order chi connectivity index (χ0) is 13.9. The van der Waals surface area contributed by atoms with Crippen LogP contribution >= 0.6 is 0 Å². The summed E-state index contributed by atoms with van der Waals surface area (Å²) in [5.41, 5.74) is 9.76. The Balaban J connectivity index is 2.02. The Morgan fingerprint density at radius 3 is 2.65 bits per heavy atom. The van der Waals surface area contributed by atoms with Gasteiger partial charge in [-0.05, 0) is 23.8 Å². The molecule has 20 heavy (non-hydrogen) atoms. The molecule has 0 atom stereocenters. The lowest BCUT2D eigenvalue weighted by Crippen LogP contribution is -2.07. The summed E-state index contributed by atoms with van der Waals surface area (Å²) in [6.07, 6.45) is 0. The lowest BCUT2D eigenvalue weighted by molar-refractivity contribution is 0.711. The number of tetrazole rings is 1. The van der Waals surface area contributed by atoms with Gasteiger partial charge in [0, 0.05) is 12.1 Å². The number of rotatable bonds is 3. The molecule has 0 aliphatic carbocycles. The molecule has 2 aromatic carbocycles. The molecule has 5 nitrogen and oxygen atoms in total. The maximum atomic E-state index is 5.79. The molecule has 0 amide bonds. The van der Waals surface area contributed by atoms with Gasteiger partial charge in [0.1, 0.15) is 0 Å². The van der Waals surface area contributed by atoms with Crippen LogP contribution in [0.1, 0.15) is 11.1 Å². The largest absolute Gasteiger partial charge is 0.326 e. The van der Waals surface area contributed by atoms with E-state index in [4.69, 9.17) is 5.73 Å². The van der Waals surface area contributed by atoms with Crippen molar-refractivity contribution in [1.29, 1.82) is 0 Å². The predicted octanol–water partition coefficient (Wildman–Crippen LogP) is 2.10. The highest BCUT2D eigenvalue weighted by molar-refractivity contribution is 5.53. The second kappa shape index (κ2) is 5.22. The molecular weight excluding hydrogens is 250 g/mol. The smallest absolute Gasteiger partial charge is 0.205 e. The number of hydrogen-bond donors (Lipinski definition) is 1. The van der Waals surface area contributed by atoms with Crippen LogP contribution in [0.3, 0.4) is 0 Å². The minimum absolute atomic E-state index is 0.444. The second-order valence-electron chi connectivity index (χ2n) is 4.60. The van der Waals surface area contributed by atoms with Crippen molar-refractivity contribution in [3.63, 3.8) is 0 Å². The third kappa shape index (κ3) is 2.31. The predicted molar refractivity (Wildman–Crippen MR) is 77.2 cm³/mol. The molecule has 3 aromatic rings. The molecule has 3 rings (SSSR count). The number of benzene rings is 2. The fourth-order valence-electron chi connectivity index (χ4n) is 2.09. The first-order valence-electron chi connectivity index (χ1n) is 6.43. The number of nitrogens with zero attached hydrogens (tertiary/aromatic N) is 4. The third-order valence-corrected chi connectivity index (χ3v) is 3.12. The summed E-state index contributed by atoms with van der Waals surface area (Å²) in [6.45, 7) is 2.48. The summed E-state index contributed by atoms with van der Waals surface area (Å²) in [5.74, 6) is 0.606. The van der Waals surface area contributed by atoms with Gasteiger partial charge in [-0.1, -0.05) is 48.0 Å². The van der Waals surface area contributed by atoms with E-state index in [9.17, 15) is 0 Å². The normalized spacial score (nSPS) is 10.7. The van der Waals surface area contributed by atoms with Gasteiger partial charge in [-0.2, -0.15) is 0 Å². The number of nitrogens with two attached hydrogens (primary N) is 1. The molecule has 0 fully saturated rings. The summed E-state index contributed by atoms with van der Waals surface area (Å²) in [6, 6.07) is 15.8. The fraction of sp³-hybridized carbons (Fsp3) is 0.133. The van der Waals surface area contributed by atoms with E-state index in [0.29, 0.717) is 12.4 Å². The summed E-state index contributed by atoms with van der Waals surface area (Å²) in [5, 5.41) is 12.7. The van der Waals surface area contributed by atoms with Crippen LogP contribution < -0.4 is 5.73 Å². The zero-order valence-electron chi connectivity index (χ0n) is 11.2. The first kappa shape index (κ1) is 12.5. The van der Waals surface area contributed by atoms with Crippen LogP contribution in [0.25, 0.3) is 17.1 Å². The van der Waals surface area contributed by atoms with Crippen molar-refractivity contribution in [2.45, 2.75) is 13.5 Å². The molecule has 2 N–H and O–H groups in total. The lowest BCUT2D eigenvalue weighted by atomic mass is 10.1. The lowest BCUT2D eigenvalue weighted by Gasteiger charge is -2.06. The molecule has 100 valence electrons. The van der Waals surface area contributed by atoms with E-state index in [1.807, 2.05) is 55.5 Å². The number of hydrogen-bond acceptors (Lipinski definition) is 4. The van der Waals surface area contributed by atoms with Crippen LogP contribution in [0.2, 0.25) is 0 Å². The first-order chi connectivity index (χ1) is 9.78. The van der Waals surface area contributed by atoms with E-state index >= 15 is 0 Å². The van der Waals surface area contributed by atoms with Gasteiger partial charge in [0.25, 0.3) is 0 Å². The first-order valence-corrected chi connectivity index (χ1v) is 6.43. The van der Waals surface area contributed by atoms with Crippen molar-refractivity contribution in [3.05, 3.63) is 59.7 Å². The average molecular weight is 265 g/mol. The van der Waals surface area contributed by atoms with Crippen LogP contribution in [-0.4, -0.2) is 20.2 Å². The minimum Gasteiger partial charge on any atom is -0.326 e. The minimum atomic E-state index is 0.444. The maximum Gasteiger partial charge on any atom is 0.205 e. The van der Waals surface area contributed by atoms with Crippen molar-refractivity contribution in [1.82, 2.24) is 20.2 Å². The van der Waals surface area contributed by atoms with Gasteiger partial charge in [-0.25, -0.2) is 0 Å². The summed E-state index contributed by atoms with van der Waals surface area (Å²) in [7, 11) is 0. The second-order valence-corrected chi connectivity index (χ2v) is 4.60. The van der Waals surface area contributed by atoms with Gasteiger partial charge < -0.3 is 5.73 Å². The summed E-state index contributed by atoms with van der Waals surface area (Å²) in [4.78, 5) is 1.53. The van der Waals surface area contributed by atoms with Crippen molar-refractivity contribution >= 4 is 0 Å². The molecule has 0 aliphatic heterocycles. The van der Waals surface area contributed by atoms with E-state index in [1.165, 1.54) is 4.80 Å². The topological polar surface area (TPSA) is 69.6 Å². The van der Waals surface area contributed by atoms with Gasteiger partial charge in [0.05, 0.1) is 5.69 Å². The molecular formula is C15H15N5. The average Bonchev–Trinajstić information content (AvgIpc) is 2.97. The zero-order valence-corrected chi connectivity index (χ0v) is 11.2. The standard InChI is InChI=1S/C15H15N5/c1-11-7-8-14(13(9-11)10-16)20-18-15(17-19-20)12-5-3-2-4-6-12/h2-9H,10,16H2,1H3. The molecule has 0 aliphatic rings. The Morgan fingerprint density at radius 2 is 1.90 bits per heavy atom.